The quantitative estimate of drug-likeness (QED) is 0.537. The summed E-state index contributed by atoms with van der Waals surface area (Å²) in [5.41, 5.74) is 5.34. The Labute approximate surface area is 145 Å². The molecule has 0 atom stereocenters. The van der Waals surface area contributed by atoms with Crippen molar-refractivity contribution in [3.63, 3.8) is 0 Å². The zero-order valence-corrected chi connectivity index (χ0v) is 15.4. The third kappa shape index (κ3) is 4.62. The van der Waals surface area contributed by atoms with E-state index in [2.05, 4.69) is 88.4 Å². The lowest BCUT2D eigenvalue weighted by Crippen LogP contribution is -1.89. The summed E-state index contributed by atoms with van der Waals surface area (Å²) in [5.74, 6) is 0. The number of allylic oxidation sites excluding steroid dienone is 2. The summed E-state index contributed by atoms with van der Waals surface area (Å²) in [6.07, 6.45) is 11.1. The predicted molar refractivity (Wildman–Crippen MR) is 105 cm³/mol. The highest BCUT2D eigenvalue weighted by Gasteiger charge is 2.08. The van der Waals surface area contributed by atoms with E-state index < -0.39 is 0 Å². The van der Waals surface area contributed by atoms with E-state index in [9.17, 15) is 0 Å². The summed E-state index contributed by atoms with van der Waals surface area (Å²) >= 11 is 1.87. The van der Waals surface area contributed by atoms with E-state index in [1.54, 1.807) is 0 Å². The smallest absolute Gasteiger partial charge is 0.0197 e. The fourth-order valence-electron chi connectivity index (χ4n) is 2.50. The average molecular weight is 323 g/mol. The summed E-state index contributed by atoms with van der Waals surface area (Å²) in [6, 6.07) is 13.1. The summed E-state index contributed by atoms with van der Waals surface area (Å²) < 4.78 is 0. The minimum Gasteiger partial charge on any atom is -0.0888 e. The summed E-state index contributed by atoms with van der Waals surface area (Å²) in [4.78, 5) is 2.65. The van der Waals surface area contributed by atoms with Crippen molar-refractivity contribution in [2.45, 2.75) is 50.3 Å². The standard InChI is InChI=1S/C22H26S/c1-5-7-13-19-17(3)11-9-15-21(19)23-22-16-10-12-18(4)20(22)14-8-6-2/h7-16H,5-6H2,1-4H3. The molecule has 1 heteroatoms. The van der Waals surface area contributed by atoms with Crippen molar-refractivity contribution in [3.05, 3.63) is 70.8 Å². The predicted octanol–water partition coefficient (Wildman–Crippen LogP) is 7.30. The lowest BCUT2D eigenvalue weighted by atomic mass is 10.1. The number of benzene rings is 2. The Kier molecular flexibility index (Phi) is 6.73. The molecule has 0 saturated heterocycles. The van der Waals surface area contributed by atoms with Gasteiger partial charge >= 0.3 is 0 Å². The van der Waals surface area contributed by atoms with Crippen LogP contribution in [0.4, 0.5) is 0 Å². The van der Waals surface area contributed by atoms with Crippen LogP contribution in [0.1, 0.15) is 48.9 Å². The SMILES string of the molecule is CCC=Cc1c(C)cccc1Sc1cccc(C)c1C=CCC. The van der Waals surface area contributed by atoms with Crippen LogP contribution in [0.5, 0.6) is 0 Å². The van der Waals surface area contributed by atoms with Gasteiger partial charge in [-0.3, -0.25) is 0 Å². The van der Waals surface area contributed by atoms with Crippen molar-refractivity contribution in [2.24, 2.45) is 0 Å². The molecule has 0 aliphatic rings. The third-order valence-corrected chi connectivity index (χ3v) is 4.98. The molecular weight excluding hydrogens is 296 g/mol. The van der Waals surface area contributed by atoms with E-state index >= 15 is 0 Å². The molecule has 2 rings (SSSR count). The minimum absolute atomic E-state index is 1.06. The molecule has 0 saturated carbocycles. The molecule has 0 aliphatic heterocycles. The fraction of sp³-hybridized carbons (Fsp3) is 0.273. The monoisotopic (exact) mass is 322 g/mol. The van der Waals surface area contributed by atoms with E-state index in [-0.39, 0.29) is 0 Å². The van der Waals surface area contributed by atoms with Crippen molar-refractivity contribution in [1.82, 2.24) is 0 Å². The Morgan fingerprint density at radius 1 is 0.739 bits per heavy atom. The maximum atomic E-state index is 2.26. The molecule has 120 valence electrons. The molecule has 0 bridgehead atoms. The summed E-state index contributed by atoms with van der Waals surface area (Å²) in [5, 5.41) is 0. The molecular formula is C22H26S. The van der Waals surface area contributed by atoms with Crippen molar-refractivity contribution in [3.8, 4) is 0 Å². The van der Waals surface area contributed by atoms with Gasteiger partial charge < -0.3 is 0 Å². The molecule has 0 fully saturated rings. The van der Waals surface area contributed by atoms with Gasteiger partial charge in [0.05, 0.1) is 0 Å². The number of hydrogen-bond donors (Lipinski definition) is 0. The molecule has 0 spiro atoms. The second-order valence-corrected chi connectivity index (χ2v) is 6.78. The Morgan fingerprint density at radius 2 is 1.17 bits per heavy atom. The Hall–Kier alpha value is -1.73. The van der Waals surface area contributed by atoms with Gasteiger partial charge in [-0.2, -0.15) is 0 Å². The topological polar surface area (TPSA) is 0 Å². The number of aryl methyl sites for hydroxylation is 2. The molecule has 0 aliphatic carbocycles. The molecule has 0 unspecified atom stereocenters. The first kappa shape index (κ1) is 17.6. The second kappa shape index (κ2) is 8.79. The lowest BCUT2D eigenvalue weighted by molar-refractivity contribution is 1.22. The highest BCUT2D eigenvalue weighted by molar-refractivity contribution is 7.99. The van der Waals surface area contributed by atoms with E-state index in [4.69, 9.17) is 0 Å². The first-order valence-corrected chi connectivity index (χ1v) is 9.19. The van der Waals surface area contributed by atoms with E-state index in [1.165, 1.54) is 32.0 Å². The van der Waals surface area contributed by atoms with Gasteiger partial charge in [0.2, 0.25) is 0 Å². The minimum atomic E-state index is 1.06. The molecule has 0 amide bonds. The van der Waals surface area contributed by atoms with Gasteiger partial charge in [-0.1, -0.05) is 74.2 Å². The van der Waals surface area contributed by atoms with Gasteiger partial charge in [0.25, 0.3) is 0 Å². The fourth-order valence-corrected chi connectivity index (χ4v) is 3.71. The van der Waals surface area contributed by atoms with Crippen LogP contribution in [0, 0.1) is 13.8 Å². The number of hydrogen-bond acceptors (Lipinski definition) is 1. The van der Waals surface area contributed by atoms with Crippen LogP contribution < -0.4 is 0 Å². The van der Waals surface area contributed by atoms with E-state index in [0.717, 1.165) is 12.8 Å². The molecule has 0 radical (unpaired) electrons. The largest absolute Gasteiger partial charge is 0.0888 e. The molecule has 0 N–H and O–H groups in total. The zero-order chi connectivity index (χ0) is 16.7. The Bertz CT molecular complexity index is 646. The molecule has 0 aromatic heterocycles. The third-order valence-electron chi connectivity index (χ3n) is 3.83. The second-order valence-electron chi connectivity index (χ2n) is 5.70. The highest BCUT2D eigenvalue weighted by Crippen LogP contribution is 2.36. The Morgan fingerprint density at radius 3 is 1.57 bits per heavy atom. The van der Waals surface area contributed by atoms with Gasteiger partial charge in [0.15, 0.2) is 0 Å². The first-order chi connectivity index (χ1) is 11.2. The van der Waals surface area contributed by atoms with Crippen LogP contribution >= 0.6 is 11.8 Å². The van der Waals surface area contributed by atoms with Crippen molar-refractivity contribution >= 4 is 23.9 Å². The maximum absolute atomic E-state index is 2.26. The summed E-state index contributed by atoms with van der Waals surface area (Å²) in [6.45, 7) is 8.73. The molecule has 0 heterocycles. The highest BCUT2D eigenvalue weighted by atomic mass is 32.2. The van der Waals surface area contributed by atoms with Crippen LogP contribution in [0.15, 0.2) is 58.3 Å². The van der Waals surface area contributed by atoms with Gasteiger partial charge in [-0.25, -0.2) is 0 Å². The van der Waals surface area contributed by atoms with Crippen LogP contribution in [0.25, 0.3) is 12.2 Å². The molecule has 2 aromatic rings. The van der Waals surface area contributed by atoms with Gasteiger partial charge in [-0.05, 0) is 61.1 Å². The number of rotatable bonds is 6. The molecule has 0 nitrogen and oxygen atoms in total. The van der Waals surface area contributed by atoms with Crippen LogP contribution in [0.2, 0.25) is 0 Å². The molecule has 2 aromatic carbocycles. The van der Waals surface area contributed by atoms with Crippen molar-refractivity contribution in [1.29, 1.82) is 0 Å². The van der Waals surface area contributed by atoms with Crippen LogP contribution in [-0.2, 0) is 0 Å². The van der Waals surface area contributed by atoms with Crippen molar-refractivity contribution in [2.75, 3.05) is 0 Å². The lowest BCUT2D eigenvalue weighted by Gasteiger charge is -2.12. The van der Waals surface area contributed by atoms with Gasteiger partial charge in [0.1, 0.15) is 0 Å². The van der Waals surface area contributed by atoms with E-state index in [0.29, 0.717) is 0 Å². The van der Waals surface area contributed by atoms with Gasteiger partial charge in [0, 0.05) is 9.79 Å². The summed E-state index contributed by atoms with van der Waals surface area (Å²) in [7, 11) is 0. The first-order valence-electron chi connectivity index (χ1n) is 8.37. The van der Waals surface area contributed by atoms with Crippen molar-refractivity contribution < 1.29 is 0 Å². The normalized spacial score (nSPS) is 11.7. The maximum Gasteiger partial charge on any atom is 0.0197 e. The Balaban J connectivity index is 2.44. The van der Waals surface area contributed by atoms with E-state index in [1.807, 2.05) is 11.8 Å². The average Bonchev–Trinajstić information content (AvgIpc) is 2.54. The van der Waals surface area contributed by atoms with Crippen LogP contribution in [0.3, 0.4) is 0 Å². The van der Waals surface area contributed by atoms with Gasteiger partial charge in [-0.15, -0.1) is 0 Å². The molecule has 23 heavy (non-hydrogen) atoms. The van der Waals surface area contributed by atoms with Crippen LogP contribution in [-0.4, -0.2) is 0 Å². The zero-order valence-electron chi connectivity index (χ0n) is 14.6.